The summed E-state index contributed by atoms with van der Waals surface area (Å²) in [5.74, 6) is -1.49. The minimum atomic E-state index is -1.50. The molecule has 2 aromatic rings. The normalized spacial score (nSPS) is 10.2. The molecule has 0 radical (unpaired) electrons. The number of para-hydroxylation sites is 1. The second-order valence-electron chi connectivity index (χ2n) is 4.07. The van der Waals surface area contributed by atoms with Gasteiger partial charge in [-0.3, -0.25) is 9.69 Å². The fourth-order valence-electron chi connectivity index (χ4n) is 1.86. The number of carbonyl (C=O) groups excluding carboxylic acids is 1. The predicted molar refractivity (Wildman–Crippen MR) is 79.8 cm³/mol. The number of nitrogens with zero attached hydrogens (tertiary/aromatic N) is 2. The first-order chi connectivity index (χ1) is 10.1. The molecule has 2 rings (SSSR count). The van der Waals surface area contributed by atoms with Gasteiger partial charge in [0.15, 0.2) is 0 Å². The van der Waals surface area contributed by atoms with Gasteiger partial charge >= 0.3 is 11.9 Å². The predicted octanol–water partition coefficient (Wildman–Crippen LogP) is 2.26. The van der Waals surface area contributed by atoms with E-state index in [-0.39, 0.29) is 6.54 Å². The van der Waals surface area contributed by atoms with Crippen LogP contribution in [0.4, 0.5) is 5.82 Å². The van der Waals surface area contributed by atoms with Crippen LogP contribution in [0.5, 0.6) is 5.75 Å². The molecule has 21 heavy (non-hydrogen) atoms. The van der Waals surface area contributed by atoms with Crippen molar-refractivity contribution in [3.63, 3.8) is 0 Å². The van der Waals surface area contributed by atoms with Crippen molar-refractivity contribution in [2.75, 3.05) is 18.6 Å². The lowest BCUT2D eigenvalue weighted by Gasteiger charge is -2.15. The molecule has 0 aliphatic heterocycles. The Balaban J connectivity index is 2.37. The van der Waals surface area contributed by atoms with E-state index in [9.17, 15) is 9.59 Å². The molecule has 1 heterocycles. The van der Waals surface area contributed by atoms with E-state index in [0.717, 1.165) is 10.5 Å². The molecule has 0 fully saturated rings. The van der Waals surface area contributed by atoms with E-state index >= 15 is 0 Å². The number of carbonyl (C=O) groups is 2. The van der Waals surface area contributed by atoms with Crippen LogP contribution in [-0.2, 0) is 9.59 Å². The molecular formula is C14H14N2O4S. The van der Waals surface area contributed by atoms with E-state index in [1.807, 2.05) is 24.3 Å². The summed E-state index contributed by atoms with van der Waals surface area (Å²) < 4.78 is 5.27. The van der Waals surface area contributed by atoms with E-state index in [4.69, 9.17) is 9.84 Å². The van der Waals surface area contributed by atoms with Crippen LogP contribution < -0.4 is 9.64 Å². The van der Waals surface area contributed by atoms with Crippen molar-refractivity contribution < 1.29 is 19.4 Å². The maximum absolute atomic E-state index is 11.6. The number of carboxylic acid groups (broad SMARTS) is 1. The Morgan fingerprint density at radius 2 is 2.10 bits per heavy atom. The Bertz CT molecular complexity index is 668. The van der Waals surface area contributed by atoms with Gasteiger partial charge in [-0.1, -0.05) is 12.1 Å². The number of rotatable bonds is 4. The lowest BCUT2D eigenvalue weighted by Crippen LogP contribution is -2.36. The van der Waals surface area contributed by atoms with Gasteiger partial charge < -0.3 is 9.84 Å². The van der Waals surface area contributed by atoms with Crippen LogP contribution in [0, 0.1) is 0 Å². The average Bonchev–Trinajstić information content (AvgIpc) is 2.97. The van der Waals surface area contributed by atoms with Gasteiger partial charge in [0, 0.05) is 11.9 Å². The number of ether oxygens (including phenoxy) is 1. The number of carboxylic acids is 1. The number of methoxy groups -OCH3 is 1. The molecule has 1 N–H and O–H groups in total. The lowest BCUT2D eigenvalue weighted by molar-refractivity contribution is -0.148. The molecule has 0 saturated carbocycles. The van der Waals surface area contributed by atoms with Gasteiger partial charge in [-0.2, -0.15) is 0 Å². The lowest BCUT2D eigenvalue weighted by atomic mass is 10.2. The maximum atomic E-state index is 11.6. The van der Waals surface area contributed by atoms with Crippen LogP contribution in [0.2, 0.25) is 0 Å². The zero-order chi connectivity index (χ0) is 15.4. The van der Waals surface area contributed by atoms with Crippen molar-refractivity contribution >= 4 is 29.0 Å². The van der Waals surface area contributed by atoms with Crippen molar-refractivity contribution in [2.24, 2.45) is 0 Å². The highest BCUT2D eigenvalue weighted by Crippen LogP contribution is 2.33. The Hall–Kier alpha value is -2.41. The monoisotopic (exact) mass is 306 g/mol. The summed E-state index contributed by atoms with van der Waals surface area (Å²) in [6, 6.07) is 7.38. The largest absolute Gasteiger partial charge is 0.496 e. The molecule has 0 unspecified atom stereocenters. The molecule has 1 aromatic heterocycles. The number of thiazole rings is 1. The van der Waals surface area contributed by atoms with Crippen molar-refractivity contribution in [1.29, 1.82) is 0 Å². The molecule has 0 bridgehead atoms. The van der Waals surface area contributed by atoms with Crippen LogP contribution in [0.15, 0.2) is 29.6 Å². The highest BCUT2D eigenvalue weighted by molar-refractivity contribution is 7.13. The third kappa shape index (κ3) is 3.03. The first-order valence-electron chi connectivity index (χ1n) is 6.22. The molecule has 1 amide bonds. The number of aliphatic carboxylic acids is 1. The van der Waals surface area contributed by atoms with Crippen LogP contribution in [0.1, 0.15) is 6.92 Å². The molecule has 0 aliphatic carbocycles. The number of amides is 1. The highest BCUT2D eigenvalue weighted by atomic mass is 32.1. The van der Waals surface area contributed by atoms with Gasteiger partial charge in [-0.25, -0.2) is 9.78 Å². The first-order valence-corrected chi connectivity index (χ1v) is 7.10. The van der Waals surface area contributed by atoms with Crippen molar-refractivity contribution in [2.45, 2.75) is 6.92 Å². The topological polar surface area (TPSA) is 79.7 Å². The van der Waals surface area contributed by atoms with Crippen molar-refractivity contribution in [1.82, 2.24) is 4.98 Å². The van der Waals surface area contributed by atoms with E-state index < -0.39 is 11.9 Å². The molecule has 110 valence electrons. The SMILES string of the molecule is CCN(C(=O)C(=O)O)c1csc(-c2ccccc2OC)n1. The van der Waals surface area contributed by atoms with E-state index in [1.165, 1.54) is 11.3 Å². The highest BCUT2D eigenvalue weighted by Gasteiger charge is 2.23. The van der Waals surface area contributed by atoms with Crippen LogP contribution in [0.25, 0.3) is 10.6 Å². The van der Waals surface area contributed by atoms with Crippen LogP contribution >= 0.6 is 11.3 Å². The van der Waals surface area contributed by atoms with Gasteiger partial charge in [-0.15, -0.1) is 11.3 Å². The Morgan fingerprint density at radius 3 is 2.71 bits per heavy atom. The molecular weight excluding hydrogens is 292 g/mol. The zero-order valence-corrected chi connectivity index (χ0v) is 12.4. The van der Waals surface area contributed by atoms with Gasteiger partial charge in [0.25, 0.3) is 0 Å². The van der Waals surface area contributed by atoms with Gasteiger partial charge in [-0.05, 0) is 19.1 Å². The Morgan fingerprint density at radius 1 is 1.38 bits per heavy atom. The van der Waals surface area contributed by atoms with Crippen LogP contribution in [-0.4, -0.2) is 35.6 Å². The van der Waals surface area contributed by atoms with Crippen LogP contribution in [0.3, 0.4) is 0 Å². The zero-order valence-electron chi connectivity index (χ0n) is 11.6. The number of likely N-dealkylation sites (N-methyl/N-ethyl adjacent to an activating group) is 1. The number of aromatic nitrogens is 1. The van der Waals surface area contributed by atoms with Gasteiger partial charge in [0.2, 0.25) is 0 Å². The second-order valence-corrected chi connectivity index (χ2v) is 4.92. The molecule has 1 aromatic carbocycles. The quantitative estimate of drug-likeness (QED) is 0.876. The smallest absolute Gasteiger partial charge is 0.395 e. The molecule has 6 nitrogen and oxygen atoms in total. The third-order valence-corrected chi connectivity index (χ3v) is 3.71. The summed E-state index contributed by atoms with van der Waals surface area (Å²) in [4.78, 5) is 27.9. The first kappa shape index (κ1) is 15.0. The number of anilines is 1. The summed E-state index contributed by atoms with van der Waals surface area (Å²) in [7, 11) is 1.57. The Labute approximate surface area is 125 Å². The molecule has 0 saturated heterocycles. The van der Waals surface area contributed by atoms with Gasteiger partial charge in [0.1, 0.15) is 16.6 Å². The van der Waals surface area contributed by atoms with E-state index in [1.54, 1.807) is 19.4 Å². The van der Waals surface area contributed by atoms with E-state index in [0.29, 0.717) is 16.6 Å². The number of hydrogen-bond donors (Lipinski definition) is 1. The molecule has 0 aliphatic rings. The fourth-order valence-corrected chi connectivity index (χ4v) is 2.70. The standard InChI is InChI=1S/C14H14N2O4S/c1-3-16(13(17)14(18)19)11-8-21-12(15-11)9-6-4-5-7-10(9)20-2/h4-8H,3H2,1-2H3,(H,18,19). The Kier molecular flexibility index (Phi) is 4.54. The summed E-state index contributed by atoms with van der Waals surface area (Å²) in [6.45, 7) is 1.93. The molecule has 0 atom stereocenters. The number of benzene rings is 1. The molecule has 7 heteroatoms. The minimum absolute atomic E-state index is 0.236. The van der Waals surface area contributed by atoms with Crippen molar-refractivity contribution in [3.8, 4) is 16.3 Å². The van der Waals surface area contributed by atoms with Crippen molar-refractivity contribution in [3.05, 3.63) is 29.6 Å². The van der Waals surface area contributed by atoms with E-state index in [2.05, 4.69) is 4.98 Å². The summed E-state index contributed by atoms with van der Waals surface area (Å²) in [5.41, 5.74) is 0.801. The minimum Gasteiger partial charge on any atom is -0.496 e. The average molecular weight is 306 g/mol. The summed E-state index contributed by atoms with van der Waals surface area (Å²) in [6.07, 6.45) is 0. The molecule has 0 spiro atoms. The summed E-state index contributed by atoms with van der Waals surface area (Å²) >= 11 is 1.33. The summed E-state index contributed by atoms with van der Waals surface area (Å²) in [5, 5.41) is 11.1. The number of hydrogen-bond acceptors (Lipinski definition) is 5. The second kappa shape index (κ2) is 6.36. The van der Waals surface area contributed by atoms with Gasteiger partial charge in [0.05, 0.1) is 12.7 Å². The fraction of sp³-hybridized carbons (Fsp3) is 0.214. The third-order valence-electron chi connectivity index (χ3n) is 2.85. The maximum Gasteiger partial charge on any atom is 0.395 e.